The molecule has 148 valence electrons. The van der Waals surface area contributed by atoms with Gasteiger partial charge in [0.05, 0.1) is 29.0 Å². The van der Waals surface area contributed by atoms with Crippen molar-refractivity contribution in [1.82, 2.24) is 25.0 Å². The number of nitrogens with one attached hydrogen (secondary N) is 2. The average Bonchev–Trinajstić information content (AvgIpc) is 3.23. The van der Waals surface area contributed by atoms with Crippen LogP contribution in [0.25, 0.3) is 0 Å². The number of rotatable bonds is 5. The molecule has 1 aliphatic heterocycles. The zero-order chi connectivity index (χ0) is 19.8. The molecule has 1 aliphatic rings. The molecule has 27 heavy (non-hydrogen) atoms. The van der Waals surface area contributed by atoms with Crippen LogP contribution in [0.1, 0.15) is 44.8 Å². The van der Waals surface area contributed by atoms with Crippen LogP contribution in [0.2, 0.25) is 0 Å². The topological polar surface area (TPSA) is 123 Å². The number of aromatic nitrogens is 5. The molecule has 0 aliphatic carbocycles. The Bertz CT molecular complexity index is 942. The number of sulfone groups is 1. The van der Waals surface area contributed by atoms with Crippen LogP contribution in [-0.2, 0) is 20.0 Å². The van der Waals surface area contributed by atoms with E-state index in [1.807, 2.05) is 27.7 Å². The Morgan fingerprint density at radius 1 is 1.44 bits per heavy atom. The molecule has 1 atom stereocenters. The Balaban J connectivity index is 1.62. The monoisotopic (exact) mass is 412 g/mol. The van der Waals surface area contributed by atoms with E-state index in [0.29, 0.717) is 17.4 Å². The zero-order valence-corrected chi connectivity index (χ0v) is 17.4. The highest BCUT2D eigenvalue weighted by molar-refractivity contribution is 7.99. The van der Waals surface area contributed by atoms with Gasteiger partial charge in [-0.3, -0.25) is 9.89 Å². The summed E-state index contributed by atoms with van der Waals surface area (Å²) in [5.74, 6) is 1.42. The molecule has 0 spiro atoms. The van der Waals surface area contributed by atoms with Crippen molar-refractivity contribution in [3.63, 3.8) is 0 Å². The van der Waals surface area contributed by atoms with Gasteiger partial charge in [0, 0.05) is 11.5 Å². The SMILES string of the molecule is Cc1cc(NC(=O)CSc2n[nH]c(C(C)(C)C)n2)n(C2CCS(=O)(=O)C2)n1. The van der Waals surface area contributed by atoms with E-state index >= 15 is 0 Å². The van der Waals surface area contributed by atoms with Crippen molar-refractivity contribution in [2.24, 2.45) is 0 Å². The maximum atomic E-state index is 12.3. The third kappa shape index (κ3) is 4.89. The summed E-state index contributed by atoms with van der Waals surface area (Å²) in [6.07, 6.45) is 0.508. The van der Waals surface area contributed by atoms with Gasteiger partial charge in [0.25, 0.3) is 0 Å². The molecule has 11 heteroatoms. The smallest absolute Gasteiger partial charge is 0.235 e. The van der Waals surface area contributed by atoms with E-state index in [-0.39, 0.29) is 34.6 Å². The maximum Gasteiger partial charge on any atom is 0.235 e. The summed E-state index contributed by atoms with van der Waals surface area (Å²) >= 11 is 1.24. The van der Waals surface area contributed by atoms with E-state index in [9.17, 15) is 13.2 Å². The second-order valence-electron chi connectivity index (χ2n) is 7.73. The molecule has 2 aromatic heterocycles. The van der Waals surface area contributed by atoms with Crippen LogP contribution in [0.3, 0.4) is 0 Å². The summed E-state index contributed by atoms with van der Waals surface area (Å²) in [6.45, 7) is 7.90. The van der Waals surface area contributed by atoms with Crippen molar-refractivity contribution in [3.05, 3.63) is 17.6 Å². The van der Waals surface area contributed by atoms with Crippen LogP contribution in [0.15, 0.2) is 11.2 Å². The number of thioether (sulfide) groups is 1. The largest absolute Gasteiger partial charge is 0.310 e. The molecular weight excluding hydrogens is 388 g/mol. The fourth-order valence-electron chi connectivity index (χ4n) is 2.81. The van der Waals surface area contributed by atoms with Crippen LogP contribution >= 0.6 is 11.8 Å². The van der Waals surface area contributed by atoms with Crippen molar-refractivity contribution in [3.8, 4) is 0 Å². The van der Waals surface area contributed by atoms with Crippen LogP contribution in [0.4, 0.5) is 5.82 Å². The van der Waals surface area contributed by atoms with Crippen molar-refractivity contribution in [2.45, 2.75) is 50.7 Å². The minimum atomic E-state index is -3.03. The molecule has 3 rings (SSSR count). The molecule has 0 aromatic carbocycles. The van der Waals surface area contributed by atoms with Gasteiger partial charge in [0.1, 0.15) is 11.6 Å². The third-order valence-electron chi connectivity index (χ3n) is 4.19. The van der Waals surface area contributed by atoms with Gasteiger partial charge in [-0.05, 0) is 13.3 Å². The first-order valence-corrected chi connectivity index (χ1v) is 11.5. The fraction of sp³-hybridized carbons (Fsp3) is 0.625. The van der Waals surface area contributed by atoms with Crippen LogP contribution in [0, 0.1) is 6.92 Å². The molecule has 1 unspecified atom stereocenters. The Morgan fingerprint density at radius 3 is 2.78 bits per heavy atom. The van der Waals surface area contributed by atoms with Crippen LogP contribution < -0.4 is 5.32 Å². The second-order valence-corrected chi connectivity index (χ2v) is 10.9. The predicted molar refractivity (Wildman–Crippen MR) is 104 cm³/mol. The number of aryl methyl sites for hydroxylation is 1. The molecule has 1 saturated heterocycles. The summed E-state index contributed by atoms with van der Waals surface area (Å²) in [6, 6.07) is 1.51. The van der Waals surface area contributed by atoms with E-state index in [1.54, 1.807) is 10.7 Å². The summed E-state index contributed by atoms with van der Waals surface area (Å²) in [5.41, 5.74) is 0.589. The minimum Gasteiger partial charge on any atom is -0.310 e. The zero-order valence-electron chi connectivity index (χ0n) is 15.8. The van der Waals surface area contributed by atoms with Gasteiger partial charge in [-0.1, -0.05) is 32.5 Å². The third-order valence-corrected chi connectivity index (χ3v) is 6.78. The molecule has 9 nitrogen and oxygen atoms in total. The number of hydrogen-bond acceptors (Lipinski definition) is 7. The van der Waals surface area contributed by atoms with Gasteiger partial charge >= 0.3 is 0 Å². The Hall–Kier alpha value is -1.88. The van der Waals surface area contributed by atoms with E-state index in [1.165, 1.54) is 11.8 Å². The molecule has 2 aromatic rings. The van der Waals surface area contributed by atoms with Gasteiger partial charge < -0.3 is 5.32 Å². The minimum absolute atomic E-state index is 0.0541. The Kier molecular flexibility index (Phi) is 5.35. The predicted octanol–water partition coefficient (Wildman–Crippen LogP) is 1.70. The van der Waals surface area contributed by atoms with Crippen molar-refractivity contribution < 1.29 is 13.2 Å². The lowest BCUT2D eigenvalue weighted by Crippen LogP contribution is -2.20. The van der Waals surface area contributed by atoms with Gasteiger partial charge in [0.2, 0.25) is 11.1 Å². The number of nitrogens with zero attached hydrogens (tertiary/aromatic N) is 4. The average molecular weight is 413 g/mol. The summed E-state index contributed by atoms with van der Waals surface area (Å²) < 4.78 is 25.1. The molecule has 1 fully saturated rings. The summed E-state index contributed by atoms with van der Waals surface area (Å²) in [7, 11) is -3.03. The van der Waals surface area contributed by atoms with Gasteiger partial charge in [-0.15, -0.1) is 5.10 Å². The highest BCUT2D eigenvalue weighted by atomic mass is 32.2. The highest BCUT2D eigenvalue weighted by Gasteiger charge is 2.31. The molecule has 1 amide bonds. The first-order valence-electron chi connectivity index (χ1n) is 8.65. The second kappa shape index (κ2) is 7.27. The molecular formula is C16H24N6O3S2. The van der Waals surface area contributed by atoms with E-state index < -0.39 is 9.84 Å². The van der Waals surface area contributed by atoms with Gasteiger partial charge in [-0.25, -0.2) is 18.1 Å². The molecule has 0 radical (unpaired) electrons. The van der Waals surface area contributed by atoms with E-state index in [0.717, 1.165) is 11.5 Å². The van der Waals surface area contributed by atoms with Gasteiger partial charge in [0.15, 0.2) is 9.84 Å². The fourth-order valence-corrected chi connectivity index (χ4v) is 5.10. The first kappa shape index (κ1) is 19.9. The Morgan fingerprint density at radius 2 is 2.19 bits per heavy atom. The Labute approximate surface area is 162 Å². The molecule has 0 bridgehead atoms. The lowest BCUT2D eigenvalue weighted by molar-refractivity contribution is -0.113. The normalized spacial score (nSPS) is 19.3. The van der Waals surface area contributed by atoms with Crippen LogP contribution in [-0.4, -0.2) is 56.5 Å². The number of H-pyrrole nitrogens is 1. The lowest BCUT2D eigenvalue weighted by Gasteiger charge is -2.13. The van der Waals surface area contributed by atoms with Crippen molar-refractivity contribution in [1.29, 1.82) is 0 Å². The number of carbonyl (C=O) groups is 1. The van der Waals surface area contributed by atoms with Crippen LogP contribution in [0.5, 0.6) is 0 Å². The number of carbonyl (C=O) groups excluding carboxylic acids is 1. The standard InChI is InChI=1S/C16H24N6O3S2/c1-10-7-12(22(21-10)11-5-6-27(24,25)9-11)17-13(23)8-26-15-18-14(19-20-15)16(2,3)4/h7,11H,5-6,8-9H2,1-4H3,(H,17,23)(H,18,19,20). The number of aromatic amines is 1. The molecule has 2 N–H and O–H groups in total. The number of amides is 1. The van der Waals surface area contributed by atoms with Crippen molar-refractivity contribution >= 4 is 33.3 Å². The first-order chi connectivity index (χ1) is 12.5. The molecule has 3 heterocycles. The lowest BCUT2D eigenvalue weighted by atomic mass is 9.96. The maximum absolute atomic E-state index is 12.3. The quantitative estimate of drug-likeness (QED) is 0.717. The van der Waals surface area contributed by atoms with E-state index in [2.05, 4.69) is 25.6 Å². The molecule has 0 saturated carbocycles. The summed E-state index contributed by atoms with van der Waals surface area (Å²) in [4.78, 5) is 16.7. The summed E-state index contributed by atoms with van der Waals surface area (Å²) in [5, 5.41) is 14.7. The van der Waals surface area contributed by atoms with E-state index in [4.69, 9.17) is 0 Å². The number of hydrogen-bond donors (Lipinski definition) is 2. The highest BCUT2D eigenvalue weighted by Crippen LogP contribution is 2.27. The van der Waals surface area contributed by atoms with Gasteiger partial charge in [-0.2, -0.15) is 5.10 Å². The van der Waals surface area contributed by atoms with Crippen molar-refractivity contribution in [2.75, 3.05) is 22.6 Å². The number of anilines is 1.